The summed E-state index contributed by atoms with van der Waals surface area (Å²) in [5.74, 6) is 0.903. The maximum absolute atomic E-state index is 5.72. The fourth-order valence-corrected chi connectivity index (χ4v) is 1.43. The Hall–Kier alpha value is -1.18. The Morgan fingerprint density at radius 1 is 1.29 bits per heavy atom. The molecule has 2 heteroatoms. The molecule has 1 aromatic carbocycles. The van der Waals surface area contributed by atoms with Gasteiger partial charge in [-0.3, -0.25) is 0 Å². The van der Waals surface area contributed by atoms with E-state index >= 15 is 0 Å². The van der Waals surface area contributed by atoms with E-state index in [-0.39, 0.29) is 5.41 Å². The third-order valence-corrected chi connectivity index (χ3v) is 2.11. The van der Waals surface area contributed by atoms with Crippen molar-refractivity contribution in [3.05, 3.63) is 23.8 Å². The van der Waals surface area contributed by atoms with Crippen LogP contribution in [0.3, 0.4) is 0 Å². The number of rotatable bonds is 2. The van der Waals surface area contributed by atoms with Gasteiger partial charge in [0, 0.05) is 11.8 Å². The van der Waals surface area contributed by atoms with Crippen LogP contribution < -0.4 is 10.5 Å². The van der Waals surface area contributed by atoms with Gasteiger partial charge >= 0.3 is 0 Å². The van der Waals surface area contributed by atoms with Gasteiger partial charge in [-0.15, -0.1) is 0 Å². The maximum atomic E-state index is 5.72. The van der Waals surface area contributed by atoms with Gasteiger partial charge < -0.3 is 10.5 Å². The van der Waals surface area contributed by atoms with E-state index in [1.807, 2.05) is 25.1 Å². The summed E-state index contributed by atoms with van der Waals surface area (Å²) in [4.78, 5) is 0. The standard InChI is InChI=1S/C12H19NO/c1-5-14-11-8-9(13)6-7-10(11)12(2,3)4/h6-8H,5,13H2,1-4H3. The van der Waals surface area contributed by atoms with Crippen LogP contribution in [0, 0.1) is 0 Å². The number of anilines is 1. The topological polar surface area (TPSA) is 35.2 Å². The van der Waals surface area contributed by atoms with E-state index in [0.717, 1.165) is 11.4 Å². The molecule has 0 radical (unpaired) electrons. The highest BCUT2D eigenvalue weighted by molar-refractivity contribution is 5.50. The van der Waals surface area contributed by atoms with E-state index in [9.17, 15) is 0 Å². The molecule has 0 saturated heterocycles. The van der Waals surface area contributed by atoms with Crippen LogP contribution in [0.25, 0.3) is 0 Å². The summed E-state index contributed by atoms with van der Waals surface area (Å²) in [7, 11) is 0. The van der Waals surface area contributed by atoms with E-state index in [1.54, 1.807) is 0 Å². The second kappa shape index (κ2) is 3.91. The van der Waals surface area contributed by atoms with Crippen LogP contribution in [0.2, 0.25) is 0 Å². The minimum Gasteiger partial charge on any atom is -0.493 e. The van der Waals surface area contributed by atoms with Crippen molar-refractivity contribution < 1.29 is 4.74 Å². The van der Waals surface area contributed by atoms with Crippen LogP contribution in [0.4, 0.5) is 5.69 Å². The highest BCUT2D eigenvalue weighted by Gasteiger charge is 2.18. The SMILES string of the molecule is CCOc1cc(N)ccc1C(C)(C)C. The molecule has 0 spiro atoms. The first-order valence-corrected chi connectivity index (χ1v) is 4.98. The minimum atomic E-state index is 0.0954. The molecule has 0 aliphatic carbocycles. The van der Waals surface area contributed by atoms with E-state index in [0.29, 0.717) is 6.61 Å². The van der Waals surface area contributed by atoms with Gasteiger partial charge in [0.15, 0.2) is 0 Å². The summed E-state index contributed by atoms with van der Waals surface area (Å²) < 4.78 is 5.56. The van der Waals surface area contributed by atoms with Crippen molar-refractivity contribution in [2.24, 2.45) is 0 Å². The number of benzene rings is 1. The molecule has 1 aromatic rings. The molecule has 0 aliphatic heterocycles. The molecule has 14 heavy (non-hydrogen) atoms. The van der Waals surface area contributed by atoms with Crippen molar-refractivity contribution in [3.63, 3.8) is 0 Å². The number of hydrogen-bond acceptors (Lipinski definition) is 2. The van der Waals surface area contributed by atoms with Crippen molar-refractivity contribution in [1.29, 1.82) is 0 Å². The molecule has 0 saturated carbocycles. The van der Waals surface area contributed by atoms with Crippen LogP contribution in [0.15, 0.2) is 18.2 Å². The van der Waals surface area contributed by atoms with Crippen LogP contribution in [-0.2, 0) is 5.41 Å². The minimum absolute atomic E-state index is 0.0954. The Kier molecular flexibility index (Phi) is 3.04. The van der Waals surface area contributed by atoms with Crippen molar-refractivity contribution in [2.45, 2.75) is 33.1 Å². The first kappa shape index (κ1) is 10.9. The van der Waals surface area contributed by atoms with Crippen LogP contribution in [0.1, 0.15) is 33.3 Å². The quantitative estimate of drug-likeness (QED) is 0.733. The van der Waals surface area contributed by atoms with Gasteiger partial charge in [0.25, 0.3) is 0 Å². The average molecular weight is 193 g/mol. The molecular formula is C12H19NO. The van der Waals surface area contributed by atoms with Crippen LogP contribution >= 0.6 is 0 Å². The highest BCUT2D eigenvalue weighted by Crippen LogP contribution is 2.32. The Morgan fingerprint density at radius 2 is 1.93 bits per heavy atom. The molecule has 0 amide bonds. The Labute approximate surface area is 86.1 Å². The number of ether oxygens (including phenoxy) is 1. The van der Waals surface area contributed by atoms with E-state index in [2.05, 4.69) is 20.8 Å². The van der Waals surface area contributed by atoms with Crippen LogP contribution in [0.5, 0.6) is 5.75 Å². The lowest BCUT2D eigenvalue weighted by atomic mass is 9.86. The van der Waals surface area contributed by atoms with E-state index < -0.39 is 0 Å². The van der Waals surface area contributed by atoms with Gasteiger partial charge in [0.1, 0.15) is 5.75 Å². The molecule has 0 aliphatic rings. The zero-order valence-electron chi connectivity index (χ0n) is 9.42. The molecular weight excluding hydrogens is 174 g/mol. The summed E-state index contributed by atoms with van der Waals surface area (Å²) in [6, 6.07) is 5.85. The third kappa shape index (κ3) is 2.41. The summed E-state index contributed by atoms with van der Waals surface area (Å²) >= 11 is 0. The lowest BCUT2D eigenvalue weighted by Crippen LogP contribution is -2.13. The van der Waals surface area contributed by atoms with Gasteiger partial charge in [-0.25, -0.2) is 0 Å². The molecule has 0 heterocycles. The van der Waals surface area contributed by atoms with E-state index in [4.69, 9.17) is 10.5 Å². The second-order valence-electron chi connectivity index (χ2n) is 4.44. The molecule has 0 bridgehead atoms. The zero-order valence-corrected chi connectivity index (χ0v) is 9.42. The number of hydrogen-bond donors (Lipinski definition) is 1. The smallest absolute Gasteiger partial charge is 0.125 e. The first-order valence-electron chi connectivity index (χ1n) is 4.98. The summed E-state index contributed by atoms with van der Waals surface area (Å²) in [5.41, 5.74) is 7.77. The summed E-state index contributed by atoms with van der Waals surface area (Å²) in [6.45, 7) is 9.16. The molecule has 1 rings (SSSR count). The monoisotopic (exact) mass is 193 g/mol. The Balaban J connectivity index is 3.15. The molecule has 0 unspecified atom stereocenters. The fraction of sp³-hybridized carbons (Fsp3) is 0.500. The van der Waals surface area contributed by atoms with Crippen LogP contribution in [-0.4, -0.2) is 6.61 Å². The van der Waals surface area contributed by atoms with Gasteiger partial charge in [-0.2, -0.15) is 0 Å². The molecule has 2 N–H and O–H groups in total. The van der Waals surface area contributed by atoms with Crippen molar-refractivity contribution in [2.75, 3.05) is 12.3 Å². The van der Waals surface area contributed by atoms with Gasteiger partial charge in [0.05, 0.1) is 6.61 Å². The molecule has 2 nitrogen and oxygen atoms in total. The molecule has 0 atom stereocenters. The van der Waals surface area contributed by atoms with Crippen molar-refractivity contribution >= 4 is 5.69 Å². The zero-order chi connectivity index (χ0) is 10.8. The molecule has 78 valence electrons. The maximum Gasteiger partial charge on any atom is 0.125 e. The normalized spacial score (nSPS) is 11.4. The highest BCUT2D eigenvalue weighted by atomic mass is 16.5. The lowest BCUT2D eigenvalue weighted by molar-refractivity contribution is 0.330. The Bertz CT molecular complexity index is 313. The third-order valence-electron chi connectivity index (χ3n) is 2.11. The number of nitrogen functional groups attached to an aromatic ring is 1. The van der Waals surface area contributed by atoms with Gasteiger partial charge in [-0.1, -0.05) is 26.8 Å². The average Bonchev–Trinajstić information content (AvgIpc) is 2.02. The second-order valence-corrected chi connectivity index (χ2v) is 4.44. The van der Waals surface area contributed by atoms with Gasteiger partial charge in [0.2, 0.25) is 0 Å². The fourth-order valence-electron chi connectivity index (χ4n) is 1.43. The van der Waals surface area contributed by atoms with Gasteiger partial charge in [-0.05, 0) is 24.0 Å². The molecule has 0 aromatic heterocycles. The van der Waals surface area contributed by atoms with Crippen molar-refractivity contribution in [1.82, 2.24) is 0 Å². The van der Waals surface area contributed by atoms with Crippen molar-refractivity contribution in [3.8, 4) is 5.75 Å². The summed E-state index contributed by atoms with van der Waals surface area (Å²) in [6.07, 6.45) is 0. The predicted molar refractivity (Wildman–Crippen MR) is 60.7 cm³/mol. The Morgan fingerprint density at radius 3 is 2.43 bits per heavy atom. The molecule has 0 fully saturated rings. The van der Waals surface area contributed by atoms with E-state index in [1.165, 1.54) is 5.56 Å². The largest absolute Gasteiger partial charge is 0.493 e. The predicted octanol–water partition coefficient (Wildman–Crippen LogP) is 2.97. The first-order chi connectivity index (χ1) is 6.45. The number of nitrogens with two attached hydrogens (primary N) is 1. The lowest BCUT2D eigenvalue weighted by Gasteiger charge is -2.22. The summed E-state index contributed by atoms with van der Waals surface area (Å²) in [5, 5.41) is 0.